The van der Waals surface area contributed by atoms with Crippen LogP contribution in [0.3, 0.4) is 0 Å². The predicted molar refractivity (Wildman–Crippen MR) is 93.6 cm³/mol. The van der Waals surface area contributed by atoms with Crippen LogP contribution in [0.25, 0.3) is 0 Å². The number of phenolic OH excluding ortho intramolecular Hbond substituents is 1. The maximum absolute atomic E-state index is 11.3. The van der Waals surface area contributed by atoms with Gasteiger partial charge in [-0.25, -0.2) is 4.79 Å². The highest BCUT2D eigenvalue weighted by atomic mass is 16.4. The lowest BCUT2D eigenvalue weighted by atomic mass is 9.56. The minimum absolute atomic E-state index is 0.216. The molecule has 5 heteroatoms. The van der Waals surface area contributed by atoms with Crippen molar-refractivity contribution in [3.05, 3.63) is 29.3 Å². The van der Waals surface area contributed by atoms with E-state index in [1.807, 2.05) is 6.07 Å². The Morgan fingerprint density at radius 1 is 1.40 bits per heavy atom. The number of likely N-dealkylation sites (tertiary alicyclic amines) is 1. The molecule has 1 saturated carbocycles. The van der Waals surface area contributed by atoms with Gasteiger partial charge < -0.3 is 15.3 Å². The molecule has 4 rings (SSSR count). The zero-order valence-electron chi connectivity index (χ0n) is 14.7. The maximum Gasteiger partial charge on any atom is 0.332 e. The van der Waals surface area contributed by atoms with Crippen LogP contribution in [0.4, 0.5) is 0 Å². The lowest BCUT2D eigenvalue weighted by molar-refractivity contribution is -0.149. The summed E-state index contributed by atoms with van der Waals surface area (Å²) in [5, 5.41) is 29.4. The van der Waals surface area contributed by atoms with E-state index in [-0.39, 0.29) is 23.5 Å². The number of aliphatic hydroxyl groups is 1. The number of hydrogen-bond donors (Lipinski definition) is 3. The number of phenols is 1. The predicted octanol–water partition coefficient (Wildman–Crippen LogP) is 2.14. The van der Waals surface area contributed by atoms with Crippen LogP contribution in [0.1, 0.15) is 43.7 Å². The second-order valence-corrected chi connectivity index (χ2v) is 8.30. The summed E-state index contributed by atoms with van der Waals surface area (Å²) in [6.45, 7) is 4.28. The summed E-state index contributed by atoms with van der Waals surface area (Å²) < 4.78 is 0. The minimum atomic E-state index is -1.37. The molecule has 1 saturated heterocycles. The zero-order chi connectivity index (χ0) is 17.8. The normalized spacial score (nSPS) is 32.9. The Labute approximate surface area is 148 Å². The second kappa shape index (κ2) is 5.99. The van der Waals surface area contributed by atoms with E-state index >= 15 is 0 Å². The molecule has 0 aromatic heterocycles. The Morgan fingerprint density at radius 2 is 2.16 bits per heavy atom. The van der Waals surface area contributed by atoms with Gasteiger partial charge in [0.2, 0.25) is 0 Å². The number of benzene rings is 1. The van der Waals surface area contributed by atoms with Gasteiger partial charge in [0.1, 0.15) is 5.75 Å². The van der Waals surface area contributed by atoms with Crippen LogP contribution in [-0.2, 0) is 16.6 Å². The molecule has 4 unspecified atom stereocenters. The van der Waals surface area contributed by atoms with Gasteiger partial charge >= 0.3 is 5.97 Å². The highest BCUT2D eigenvalue weighted by molar-refractivity contribution is 5.72. The number of fused-ring (bicyclic) bond motifs is 4. The van der Waals surface area contributed by atoms with Crippen LogP contribution in [0.15, 0.2) is 18.2 Å². The van der Waals surface area contributed by atoms with Crippen molar-refractivity contribution in [3.63, 3.8) is 0 Å². The van der Waals surface area contributed by atoms with Crippen molar-refractivity contribution >= 4 is 5.97 Å². The molecule has 25 heavy (non-hydrogen) atoms. The van der Waals surface area contributed by atoms with Crippen LogP contribution in [-0.4, -0.2) is 51.4 Å². The minimum Gasteiger partial charge on any atom is -0.508 e. The highest BCUT2D eigenvalue weighted by Gasteiger charge is 2.52. The van der Waals surface area contributed by atoms with E-state index in [4.69, 9.17) is 0 Å². The van der Waals surface area contributed by atoms with Crippen molar-refractivity contribution in [1.29, 1.82) is 0 Å². The Hall–Kier alpha value is -1.59. The lowest BCUT2D eigenvalue weighted by Crippen LogP contribution is -2.60. The molecule has 4 atom stereocenters. The fraction of sp³-hybridized carbons (Fsp3) is 0.650. The van der Waals surface area contributed by atoms with E-state index in [1.54, 1.807) is 12.1 Å². The van der Waals surface area contributed by atoms with E-state index in [1.165, 1.54) is 18.4 Å². The molecule has 2 aliphatic carbocycles. The zero-order valence-corrected chi connectivity index (χ0v) is 14.7. The number of hydrogen-bond acceptors (Lipinski definition) is 4. The maximum atomic E-state index is 11.3. The van der Waals surface area contributed by atoms with Gasteiger partial charge in [-0.3, -0.25) is 4.90 Å². The number of piperidine rings is 1. The largest absolute Gasteiger partial charge is 0.508 e. The average Bonchev–Trinajstić information content (AvgIpc) is 3.37. The Balaban J connectivity index is 1.74. The van der Waals surface area contributed by atoms with Crippen LogP contribution >= 0.6 is 0 Å². The molecule has 1 aliphatic heterocycles. The lowest BCUT2D eigenvalue weighted by Gasteiger charge is -2.56. The van der Waals surface area contributed by atoms with Crippen LogP contribution < -0.4 is 0 Å². The number of rotatable bonds is 5. The molecule has 0 amide bonds. The fourth-order valence-electron chi connectivity index (χ4n) is 5.23. The summed E-state index contributed by atoms with van der Waals surface area (Å²) in [5.74, 6) is 0.133. The van der Waals surface area contributed by atoms with Gasteiger partial charge in [0.05, 0.1) is 0 Å². The quantitative estimate of drug-likeness (QED) is 0.762. The number of carboxylic acid groups (broad SMARTS) is 1. The summed E-state index contributed by atoms with van der Waals surface area (Å²) in [6.07, 6.45) is 3.27. The number of carbonyl (C=O) groups is 1. The molecule has 3 aliphatic rings. The SMILES string of the molecule is CC1C2Cc3ccc(O)cc3C1(CC(O)C(=O)O)CCN2CC1CC1. The molecule has 5 nitrogen and oxygen atoms in total. The van der Waals surface area contributed by atoms with Crippen molar-refractivity contribution in [2.45, 2.75) is 56.6 Å². The van der Waals surface area contributed by atoms with E-state index < -0.39 is 12.1 Å². The van der Waals surface area contributed by atoms with E-state index in [0.29, 0.717) is 6.04 Å². The first-order valence-corrected chi connectivity index (χ1v) is 9.38. The number of aromatic hydroxyl groups is 1. The molecule has 2 fully saturated rings. The monoisotopic (exact) mass is 345 g/mol. The van der Waals surface area contributed by atoms with Crippen LogP contribution in [0.2, 0.25) is 0 Å². The molecular weight excluding hydrogens is 318 g/mol. The molecular formula is C20H27NO4. The van der Waals surface area contributed by atoms with Crippen LogP contribution in [0.5, 0.6) is 5.75 Å². The van der Waals surface area contributed by atoms with Gasteiger partial charge in [-0.2, -0.15) is 0 Å². The standard InChI is InChI=1S/C20H27NO4/c1-12-17-8-14-4-5-15(22)9-16(14)20(12,10-18(23)19(24)25)6-7-21(17)11-13-2-3-13/h4-5,9,12-13,17-18,22-23H,2-3,6-8,10-11H2,1H3,(H,24,25). The van der Waals surface area contributed by atoms with Crippen molar-refractivity contribution in [3.8, 4) is 5.75 Å². The first-order valence-electron chi connectivity index (χ1n) is 9.38. The molecule has 2 bridgehead atoms. The Kier molecular flexibility index (Phi) is 4.04. The van der Waals surface area contributed by atoms with Crippen molar-refractivity contribution in [1.82, 2.24) is 4.90 Å². The Bertz CT molecular complexity index is 686. The van der Waals surface area contributed by atoms with Gasteiger partial charge in [0, 0.05) is 18.0 Å². The first-order chi connectivity index (χ1) is 11.9. The number of carboxylic acids is 1. The molecule has 0 radical (unpaired) electrons. The molecule has 1 aromatic carbocycles. The van der Waals surface area contributed by atoms with Gasteiger partial charge in [-0.15, -0.1) is 0 Å². The van der Waals surface area contributed by atoms with E-state index in [2.05, 4.69) is 11.8 Å². The van der Waals surface area contributed by atoms with Crippen molar-refractivity contribution in [2.24, 2.45) is 11.8 Å². The first kappa shape index (κ1) is 16.9. The van der Waals surface area contributed by atoms with Gasteiger partial charge in [-0.05, 0) is 73.7 Å². The van der Waals surface area contributed by atoms with Crippen molar-refractivity contribution in [2.75, 3.05) is 13.1 Å². The smallest absolute Gasteiger partial charge is 0.332 e. The van der Waals surface area contributed by atoms with Gasteiger partial charge in [0.25, 0.3) is 0 Å². The number of aliphatic carboxylic acids is 1. The molecule has 3 N–H and O–H groups in total. The second-order valence-electron chi connectivity index (χ2n) is 8.30. The number of nitrogens with zero attached hydrogens (tertiary/aromatic N) is 1. The molecule has 1 heterocycles. The fourth-order valence-corrected chi connectivity index (χ4v) is 5.23. The third-order valence-corrected chi connectivity index (χ3v) is 6.85. The molecule has 1 aromatic rings. The molecule has 0 spiro atoms. The summed E-state index contributed by atoms with van der Waals surface area (Å²) in [4.78, 5) is 13.9. The van der Waals surface area contributed by atoms with Gasteiger partial charge in [-0.1, -0.05) is 13.0 Å². The highest BCUT2D eigenvalue weighted by Crippen LogP contribution is 2.52. The van der Waals surface area contributed by atoms with E-state index in [0.717, 1.165) is 37.4 Å². The van der Waals surface area contributed by atoms with E-state index in [9.17, 15) is 20.1 Å². The molecule has 136 valence electrons. The summed E-state index contributed by atoms with van der Waals surface area (Å²) in [5.41, 5.74) is 1.86. The summed E-state index contributed by atoms with van der Waals surface area (Å²) in [6, 6.07) is 5.88. The topological polar surface area (TPSA) is 81.0 Å². The summed E-state index contributed by atoms with van der Waals surface area (Å²) >= 11 is 0. The van der Waals surface area contributed by atoms with Crippen molar-refractivity contribution < 1.29 is 20.1 Å². The average molecular weight is 345 g/mol. The number of aliphatic hydroxyl groups excluding tert-OH is 1. The Morgan fingerprint density at radius 3 is 2.84 bits per heavy atom. The third-order valence-electron chi connectivity index (χ3n) is 6.85. The third kappa shape index (κ3) is 2.83. The van der Waals surface area contributed by atoms with Gasteiger partial charge in [0.15, 0.2) is 6.10 Å². The summed E-state index contributed by atoms with van der Waals surface area (Å²) in [7, 11) is 0. The van der Waals surface area contributed by atoms with Crippen LogP contribution in [0, 0.1) is 11.8 Å².